The number of para-hydroxylation sites is 1. The third kappa shape index (κ3) is 3.17. The van der Waals surface area contributed by atoms with Gasteiger partial charge in [0.2, 0.25) is 0 Å². The molecule has 2 aromatic carbocycles. The maximum Gasteiger partial charge on any atom is 0.350 e. The number of benzene rings is 2. The summed E-state index contributed by atoms with van der Waals surface area (Å²) in [7, 11) is 5.06. The normalized spacial score (nSPS) is 11.5. The van der Waals surface area contributed by atoms with E-state index < -0.39 is 5.97 Å². The molecule has 2 aromatic heterocycles. The fourth-order valence-electron chi connectivity index (χ4n) is 3.47. The fraction of sp³-hybridized carbons (Fsp3) is 0.174. The SMILES string of the molecule is COC(=O)c1sc2c(c1/N=C/N(C)C)c1ccccc1c(=O)n2-c1ccccc1C. The second-order valence-corrected chi connectivity index (χ2v) is 8.13. The van der Waals surface area contributed by atoms with Gasteiger partial charge in [-0.1, -0.05) is 36.4 Å². The molecule has 0 saturated heterocycles. The number of fused-ring (bicyclic) bond motifs is 3. The van der Waals surface area contributed by atoms with Crippen LogP contribution in [0.4, 0.5) is 5.69 Å². The molecular formula is C23H21N3O3S. The average Bonchev–Trinajstić information content (AvgIpc) is 3.12. The van der Waals surface area contributed by atoms with Gasteiger partial charge in [-0.05, 0) is 30.0 Å². The number of ether oxygens (including phenoxy) is 1. The lowest BCUT2D eigenvalue weighted by atomic mass is 10.1. The number of thiophene rings is 1. The lowest BCUT2D eigenvalue weighted by Gasteiger charge is -2.13. The summed E-state index contributed by atoms with van der Waals surface area (Å²) in [5.41, 5.74) is 2.11. The number of pyridine rings is 1. The molecule has 0 N–H and O–H groups in total. The molecule has 0 aliphatic carbocycles. The van der Waals surface area contributed by atoms with Crippen LogP contribution in [0.5, 0.6) is 0 Å². The zero-order chi connectivity index (χ0) is 21.4. The highest BCUT2D eigenvalue weighted by atomic mass is 32.1. The Labute approximate surface area is 177 Å². The molecule has 4 rings (SSSR count). The van der Waals surface area contributed by atoms with Crippen molar-refractivity contribution in [3.8, 4) is 5.69 Å². The largest absolute Gasteiger partial charge is 0.465 e. The number of methoxy groups -OCH3 is 1. The van der Waals surface area contributed by atoms with Gasteiger partial charge in [-0.25, -0.2) is 9.79 Å². The van der Waals surface area contributed by atoms with Gasteiger partial charge in [-0.2, -0.15) is 0 Å². The van der Waals surface area contributed by atoms with E-state index in [1.165, 1.54) is 18.4 Å². The highest BCUT2D eigenvalue weighted by Crippen LogP contribution is 2.42. The van der Waals surface area contributed by atoms with Gasteiger partial charge in [-0.3, -0.25) is 9.36 Å². The van der Waals surface area contributed by atoms with E-state index in [0.717, 1.165) is 22.0 Å². The zero-order valence-electron chi connectivity index (χ0n) is 17.2. The summed E-state index contributed by atoms with van der Waals surface area (Å²) >= 11 is 1.22. The Bertz CT molecular complexity index is 1370. The highest BCUT2D eigenvalue weighted by molar-refractivity contribution is 7.21. The van der Waals surface area contributed by atoms with E-state index >= 15 is 0 Å². The molecule has 0 radical (unpaired) electrons. The summed E-state index contributed by atoms with van der Waals surface area (Å²) in [6, 6.07) is 15.1. The van der Waals surface area contributed by atoms with Gasteiger partial charge < -0.3 is 9.64 Å². The first-order valence-electron chi connectivity index (χ1n) is 9.39. The first-order valence-corrected chi connectivity index (χ1v) is 10.2. The predicted molar refractivity (Wildman–Crippen MR) is 123 cm³/mol. The maximum atomic E-state index is 13.5. The Morgan fingerprint density at radius 3 is 2.43 bits per heavy atom. The van der Waals surface area contributed by atoms with E-state index in [-0.39, 0.29) is 5.56 Å². The van der Waals surface area contributed by atoms with Crippen LogP contribution < -0.4 is 5.56 Å². The van der Waals surface area contributed by atoms with Crippen LogP contribution >= 0.6 is 11.3 Å². The molecule has 0 fully saturated rings. The molecule has 4 aromatic rings. The van der Waals surface area contributed by atoms with E-state index in [0.29, 0.717) is 20.8 Å². The van der Waals surface area contributed by atoms with E-state index in [2.05, 4.69) is 4.99 Å². The van der Waals surface area contributed by atoms with E-state index in [1.54, 1.807) is 21.9 Å². The Kier molecular flexibility index (Phi) is 5.13. The summed E-state index contributed by atoms with van der Waals surface area (Å²) in [5.74, 6) is -0.477. The minimum absolute atomic E-state index is 0.131. The summed E-state index contributed by atoms with van der Waals surface area (Å²) in [6.45, 7) is 1.96. The van der Waals surface area contributed by atoms with Gasteiger partial charge in [0.25, 0.3) is 5.56 Å². The molecule has 0 saturated carbocycles. The Morgan fingerprint density at radius 1 is 1.10 bits per heavy atom. The molecule has 0 unspecified atom stereocenters. The molecule has 6 nitrogen and oxygen atoms in total. The van der Waals surface area contributed by atoms with Gasteiger partial charge in [0, 0.05) is 24.9 Å². The van der Waals surface area contributed by atoms with Crippen LogP contribution in [0.25, 0.3) is 26.7 Å². The molecule has 2 heterocycles. The van der Waals surface area contributed by atoms with Crippen molar-refractivity contribution in [3.05, 3.63) is 69.3 Å². The predicted octanol–water partition coefficient (Wildman–Crippen LogP) is 4.52. The molecule has 30 heavy (non-hydrogen) atoms. The van der Waals surface area contributed by atoms with Gasteiger partial charge in [0.05, 0.1) is 19.1 Å². The van der Waals surface area contributed by atoms with Gasteiger partial charge in [-0.15, -0.1) is 11.3 Å². The summed E-state index contributed by atoms with van der Waals surface area (Å²) in [4.78, 5) is 33.5. The maximum absolute atomic E-state index is 13.5. The number of rotatable bonds is 4. The summed E-state index contributed by atoms with van der Waals surface area (Å²) in [6.07, 6.45) is 1.64. The van der Waals surface area contributed by atoms with Crippen LogP contribution in [0.15, 0.2) is 58.3 Å². The molecular weight excluding hydrogens is 398 g/mol. The molecule has 0 spiro atoms. The number of carbonyl (C=O) groups excluding carboxylic acids is 1. The number of carbonyl (C=O) groups is 1. The van der Waals surface area contributed by atoms with Crippen LogP contribution in [-0.2, 0) is 4.74 Å². The third-order valence-corrected chi connectivity index (χ3v) is 5.99. The number of aromatic nitrogens is 1. The fourth-order valence-corrected chi connectivity index (χ4v) is 4.66. The standard InChI is InChI=1S/C23H21N3O3S/c1-14-9-5-8-12-17(14)26-21(27)16-11-7-6-10-15(16)18-19(24-13-25(2)3)20(23(28)29-4)30-22(18)26/h5-13H,1-4H3/b24-13+. The molecule has 0 atom stereocenters. The molecule has 0 bridgehead atoms. The van der Waals surface area contributed by atoms with E-state index in [1.807, 2.05) is 63.5 Å². The number of aryl methyl sites for hydroxylation is 1. The quantitative estimate of drug-likeness (QED) is 0.277. The molecule has 152 valence electrons. The molecule has 7 heteroatoms. The monoisotopic (exact) mass is 419 g/mol. The van der Waals surface area contributed by atoms with Gasteiger partial charge in [0.15, 0.2) is 0 Å². The van der Waals surface area contributed by atoms with E-state index in [4.69, 9.17) is 4.74 Å². The zero-order valence-corrected chi connectivity index (χ0v) is 18.0. The Hall–Kier alpha value is -3.45. The number of hydrogen-bond donors (Lipinski definition) is 0. The number of nitrogens with zero attached hydrogens (tertiary/aromatic N) is 3. The smallest absolute Gasteiger partial charge is 0.350 e. The number of aliphatic imine (C=N–C) groups is 1. The number of esters is 1. The Morgan fingerprint density at radius 2 is 1.77 bits per heavy atom. The second kappa shape index (κ2) is 7.76. The van der Waals surface area contributed by atoms with Crippen molar-refractivity contribution in [1.29, 1.82) is 0 Å². The summed E-state index contributed by atoms with van der Waals surface area (Å²) < 4.78 is 6.70. The van der Waals surface area contributed by atoms with Crippen molar-refractivity contribution < 1.29 is 9.53 Å². The van der Waals surface area contributed by atoms with Crippen molar-refractivity contribution in [2.24, 2.45) is 4.99 Å². The first kappa shape index (κ1) is 19.8. The van der Waals surface area contributed by atoms with E-state index in [9.17, 15) is 9.59 Å². The van der Waals surface area contributed by atoms with Gasteiger partial charge >= 0.3 is 5.97 Å². The van der Waals surface area contributed by atoms with Crippen molar-refractivity contribution in [2.45, 2.75) is 6.92 Å². The van der Waals surface area contributed by atoms with Crippen LogP contribution in [-0.4, -0.2) is 43.0 Å². The summed E-state index contributed by atoms with van der Waals surface area (Å²) in [5, 5.41) is 2.10. The van der Waals surface area contributed by atoms with Gasteiger partial charge in [0.1, 0.15) is 15.4 Å². The van der Waals surface area contributed by atoms with Crippen LogP contribution in [0, 0.1) is 6.92 Å². The molecule has 0 aliphatic heterocycles. The van der Waals surface area contributed by atoms with Crippen LogP contribution in [0.3, 0.4) is 0 Å². The van der Waals surface area contributed by atoms with Crippen molar-refractivity contribution in [2.75, 3.05) is 21.2 Å². The van der Waals surface area contributed by atoms with Crippen LogP contribution in [0.1, 0.15) is 15.2 Å². The van der Waals surface area contributed by atoms with Crippen molar-refractivity contribution in [3.63, 3.8) is 0 Å². The number of hydrogen-bond acceptors (Lipinski definition) is 5. The van der Waals surface area contributed by atoms with Crippen molar-refractivity contribution in [1.82, 2.24) is 9.47 Å². The average molecular weight is 420 g/mol. The highest BCUT2D eigenvalue weighted by Gasteiger charge is 2.25. The lowest BCUT2D eigenvalue weighted by molar-refractivity contribution is 0.0607. The lowest BCUT2D eigenvalue weighted by Crippen LogP contribution is -2.19. The minimum Gasteiger partial charge on any atom is -0.465 e. The first-order chi connectivity index (χ1) is 14.4. The van der Waals surface area contributed by atoms with Crippen LogP contribution in [0.2, 0.25) is 0 Å². The topological polar surface area (TPSA) is 63.9 Å². The molecule has 0 amide bonds. The Balaban J connectivity index is 2.26. The third-order valence-electron chi connectivity index (χ3n) is 4.84. The molecule has 0 aliphatic rings. The second-order valence-electron chi connectivity index (χ2n) is 7.13. The van der Waals surface area contributed by atoms with Crippen molar-refractivity contribution >= 4 is 50.3 Å². The minimum atomic E-state index is -0.477.